The third kappa shape index (κ3) is 2.98. The second-order valence-corrected chi connectivity index (χ2v) is 6.61. The second kappa shape index (κ2) is 4.93. The summed E-state index contributed by atoms with van der Waals surface area (Å²) in [4.78, 5) is 6.18. The van der Waals surface area contributed by atoms with E-state index in [1.54, 1.807) is 12.1 Å². The van der Waals surface area contributed by atoms with E-state index in [-0.39, 0.29) is 17.3 Å². The number of pyridine rings is 1. The van der Waals surface area contributed by atoms with Gasteiger partial charge in [0.25, 0.3) is 0 Å². The molecule has 2 rings (SSSR count). The van der Waals surface area contributed by atoms with Crippen LogP contribution in [-0.4, -0.2) is 43.8 Å². The fourth-order valence-corrected chi connectivity index (χ4v) is 3.17. The first-order valence-corrected chi connectivity index (χ1v) is 7.56. The molecule has 0 bridgehead atoms. The number of anilines is 1. The van der Waals surface area contributed by atoms with Crippen molar-refractivity contribution in [2.75, 3.05) is 29.5 Å². The van der Waals surface area contributed by atoms with Gasteiger partial charge in [-0.3, -0.25) is 5.41 Å². The Kier molecular flexibility index (Phi) is 3.51. The maximum atomic E-state index is 11.5. The molecule has 0 aromatic carbocycles. The first-order valence-electron chi connectivity index (χ1n) is 5.74. The zero-order chi connectivity index (χ0) is 13.2. The van der Waals surface area contributed by atoms with Crippen LogP contribution in [0.1, 0.15) is 12.0 Å². The summed E-state index contributed by atoms with van der Waals surface area (Å²) in [6.07, 6.45) is 2.16. The number of nitrogens with one attached hydrogen (secondary N) is 1. The van der Waals surface area contributed by atoms with E-state index in [0.717, 1.165) is 5.82 Å². The van der Waals surface area contributed by atoms with E-state index in [1.165, 1.54) is 6.20 Å². The molecule has 0 saturated carbocycles. The van der Waals surface area contributed by atoms with Gasteiger partial charge in [0.1, 0.15) is 11.7 Å². The van der Waals surface area contributed by atoms with Crippen molar-refractivity contribution in [2.45, 2.75) is 6.42 Å². The van der Waals surface area contributed by atoms with Crippen LogP contribution in [0.2, 0.25) is 0 Å². The van der Waals surface area contributed by atoms with E-state index >= 15 is 0 Å². The molecule has 1 saturated heterocycles. The lowest BCUT2D eigenvalue weighted by atomic mass is 10.2. The molecule has 1 aromatic rings. The van der Waals surface area contributed by atoms with Gasteiger partial charge in [0.05, 0.1) is 11.5 Å². The lowest BCUT2D eigenvalue weighted by Crippen LogP contribution is -2.27. The standard InChI is InChI=1S/C11H16N4O2S/c12-11(13)9-2-3-10(14-8-9)15-4-1-6-18(16,17)7-5-15/h2-3,8H,1,4-7H2,(H3,12,13). The van der Waals surface area contributed by atoms with Crippen molar-refractivity contribution >= 4 is 21.5 Å². The Morgan fingerprint density at radius 1 is 1.33 bits per heavy atom. The lowest BCUT2D eigenvalue weighted by molar-refractivity contribution is 0.597. The van der Waals surface area contributed by atoms with Gasteiger partial charge in [-0.1, -0.05) is 0 Å². The molecule has 0 unspecified atom stereocenters. The number of hydrogen-bond donors (Lipinski definition) is 2. The van der Waals surface area contributed by atoms with Crippen LogP contribution in [0.5, 0.6) is 0 Å². The number of nitrogen functional groups attached to an aromatic ring is 1. The molecule has 2 heterocycles. The Balaban J connectivity index is 2.14. The Morgan fingerprint density at radius 3 is 2.72 bits per heavy atom. The normalized spacial score (nSPS) is 19.2. The Morgan fingerprint density at radius 2 is 2.11 bits per heavy atom. The van der Waals surface area contributed by atoms with Crippen LogP contribution in [0.25, 0.3) is 0 Å². The van der Waals surface area contributed by atoms with Crippen LogP contribution >= 0.6 is 0 Å². The molecule has 18 heavy (non-hydrogen) atoms. The second-order valence-electron chi connectivity index (χ2n) is 4.31. The summed E-state index contributed by atoms with van der Waals surface area (Å²) in [7, 11) is -2.91. The Hall–Kier alpha value is -1.63. The summed E-state index contributed by atoms with van der Waals surface area (Å²) < 4.78 is 23.0. The van der Waals surface area contributed by atoms with Crippen LogP contribution in [0.4, 0.5) is 5.82 Å². The maximum Gasteiger partial charge on any atom is 0.152 e. The number of rotatable bonds is 2. The van der Waals surface area contributed by atoms with Gasteiger partial charge in [-0.2, -0.15) is 0 Å². The average molecular weight is 268 g/mol. The molecule has 1 aliphatic rings. The number of hydrogen-bond acceptors (Lipinski definition) is 5. The van der Waals surface area contributed by atoms with Crippen LogP contribution < -0.4 is 10.6 Å². The minimum atomic E-state index is -2.91. The molecule has 1 fully saturated rings. The van der Waals surface area contributed by atoms with Gasteiger partial charge < -0.3 is 10.6 Å². The Bertz CT molecular complexity index is 539. The molecule has 6 nitrogen and oxygen atoms in total. The van der Waals surface area contributed by atoms with Crippen molar-refractivity contribution in [1.29, 1.82) is 5.41 Å². The molecule has 0 radical (unpaired) electrons. The fraction of sp³-hybridized carbons (Fsp3) is 0.455. The zero-order valence-electron chi connectivity index (χ0n) is 9.96. The summed E-state index contributed by atoms with van der Waals surface area (Å²) >= 11 is 0. The van der Waals surface area contributed by atoms with E-state index in [4.69, 9.17) is 11.1 Å². The van der Waals surface area contributed by atoms with E-state index in [0.29, 0.717) is 25.1 Å². The van der Waals surface area contributed by atoms with E-state index in [9.17, 15) is 8.42 Å². The molecule has 1 aromatic heterocycles. The topological polar surface area (TPSA) is 100 Å². The molecule has 0 amide bonds. The molecule has 0 spiro atoms. The minimum absolute atomic E-state index is 0.0208. The van der Waals surface area contributed by atoms with E-state index in [2.05, 4.69) is 4.98 Å². The third-order valence-electron chi connectivity index (χ3n) is 2.94. The van der Waals surface area contributed by atoms with Gasteiger partial charge in [-0.15, -0.1) is 0 Å². The van der Waals surface area contributed by atoms with Crippen LogP contribution in [0.15, 0.2) is 18.3 Å². The molecule has 1 aliphatic heterocycles. The summed E-state index contributed by atoms with van der Waals surface area (Å²) in [5.74, 6) is 1.13. The maximum absolute atomic E-state index is 11.5. The number of sulfone groups is 1. The van der Waals surface area contributed by atoms with Gasteiger partial charge in [0.15, 0.2) is 9.84 Å². The number of nitrogens with two attached hydrogens (primary N) is 1. The predicted molar refractivity (Wildman–Crippen MR) is 70.7 cm³/mol. The van der Waals surface area contributed by atoms with Gasteiger partial charge in [0, 0.05) is 24.8 Å². The molecular formula is C11H16N4O2S. The quantitative estimate of drug-likeness (QED) is 0.580. The largest absolute Gasteiger partial charge is 0.384 e. The predicted octanol–water partition coefficient (Wildman–Crippen LogP) is -0.00943. The fourth-order valence-electron chi connectivity index (χ4n) is 1.90. The highest BCUT2D eigenvalue weighted by Gasteiger charge is 2.19. The van der Waals surface area contributed by atoms with Gasteiger partial charge in [-0.25, -0.2) is 13.4 Å². The van der Waals surface area contributed by atoms with Crippen molar-refractivity contribution in [3.8, 4) is 0 Å². The van der Waals surface area contributed by atoms with E-state index in [1.807, 2.05) is 4.90 Å². The summed E-state index contributed by atoms with van der Waals surface area (Å²) in [6.45, 7) is 1.15. The highest BCUT2D eigenvalue weighted by atomic mass is 32.2. The first-order chi connectivity index (χ1) is 8.48. The smallest absolute Gasteiger partial charge is 0.152 e. The van der Waals surface area contributed by atoms with Crippen LogP contribution in [0.3, 0.4) is 0 Å². The summed E-state index contributed by atoms with van der Waals surface area (Å²) in [6, 6.07) is 3.50. The van der Waals surface area contributed by atoms with Crippen molar-refractivity contribution < 1.29 is 8.42 Å². The monoisotopic (exact) mass is 268 g/mol. The molecule has 7 heteroatoms. The van der Waals surface area contributed by atoms with Gasteiger partial charge in [-0.05, 0) is 18.6 Å². The first kappa shape index (κ1) is 12.8. The van der Waals surface area contributed by atoms with Crippen molar-refractivity contribution in [3.63, 3.8) is 0 Å². The van der Waals surface area contributed by atoms with Crippen LogP contribution in [0, 0.1) is 5.41 Å². The zero-order valence-corrected chi connectivity index (χ0v) is 10.8. The SMILES string of the molecule is N=C(N)c1ccc(N2CCCS(=O)(=O)CC2)nc1. The third-order valence-corrected chi connectivity index (χ3v) is 4.65. The highest BCUT2D eigenvalue weighted by molar-refractivity contribution is 7.91. The van der Waals surface area contributed by atoms with Crippen molar-refractivity contribution in [2.24, 2.45) is 5.73 Å². The van der Waals surface area contributed by atoms with Gasteiger partial charge >= 0.3 is 0 Å². The number of aromatic nitrogens is 1. The van der Waals surface area contributed by atoms with Gasteiger partial charge in [0.2, 0.25) is 0 Å². The van der Waals surface area contributed by atoms with E-state index < -0.39 is 9.84 Å². The average Bonchev–Trinajstić information content (AvgIpc) is 2.50. The van der Waals surface area contributed by atoms with Crippen molar-refractivity contribution in [1.82, 2.24) is 4.98 Å². The molecular weight excluding hydrogens is 252 g/mol. The highest BCUT2D eigenvalue weighted by Crippen LogP contribution is 2.14. The lowest BCUT2D eigenvalue weighted by Gasteiger charge is -2.20. The minimum Gasteiger partial charge on any atom is -0.384 e. The molecule has 98 valence electrons. The van der Waals surface area contributed by atoms with Crippen LogP contribution in [-0.2, 0) is 9.84 Å². The Labute approximate surface area is 106 Å². The summed E-state index contributed by atoms with van der Waals surface area (Å²) in [5, 5.41) is 7.28. The number of amidine groups is 1. The summed E-state index contributed by atoms with van der Waals surface area (Å²) in [5.41, 5.74) is 5.92. The van der Waals surface area contributed by atoms with Crippen molar-refractivity contribution in [3.05, 3.63) is 23.9 Å². The number of nitrogens with zero attached hydrogens (tertiary/aromatic N) is 2. The molecule has 0 aliphatic carbocycles. The molecule has 3 N–H and O–H groups in total. The molecule has 0 atom stereocenters.